The Labute approximate surface area is 721 Å². The smallest absolute Gasteiger partial charge is 0.306 e. The number of carbonyl (C=O) groups excluding carboxylic acids is 4. The number of carbonyl (C=O) groups is 4. The monoisotopic (exact) mass is 1720 g/mol. The highest BCUT2D eigenvalue weighted by atomic mass is 16.8. The summed E-state index contributed by atoms with van der Waals surface area (Å²) in [6.45, 7) is 14.2. The van der Waals surface area contributed by atoms with Crippen molar-refractivity contribution in [2.45, 2.75) is 568 Å². The molecule has 8 N–H and O–H groups in total. The summed E-state index contributed by atoms with van der Waals surface area (Å²) in [5, 5.41) is 95.8. The number of fused-ring (bicyclic) bond motifs is 2. The van der Waals surface area contributed by atoms with E-state index < -0.39 is 184 Å². The lowest BCUT2D eigenvalue weighted by molar-refractivity contribution is -0.400. The molecule has 0 aromatic rings. The Morgan fingerprint density at radius 2 is 0.675 bits per heavy atom. The summed E-state index contributed by atoms with van der Waals surface area (Å²) in [5.41, 5.74) is 0. The predicted octanol–water partition coefficient (Wildman–Crippen LogP) is 16.3. The standard InChI is InChI=1S/C94H170O26/c1-9-13-17-20-23-26-29-32-35-38-43-48-54-60-71(96)113-82-66(6)108-90(79(104)77(82)102)118-84-68(8)110-94(117-83-67(7)109-93-87(81(83)106)115-73(98)62-56-51-46-41-42-47-53-59-69(58-52-16-12-4)111-92-86(119-93)76(101)75(100)65(5)107-92)89(116-74(99)63-57-50-45-40-37-34-31-28-25-22-19-15-11-3)88(84)120-91-80(105)78(103)85(70(64-95)112-91)114-72(97)61-55-49-44-39-36-33-30-27-24-21-18-14-10-2/h65-70,75-95,100-106H,9-64H2,1-8H3/t65-,66+,67+,68-,69+,70-,75+,76+,77+,78-,79-,80-,81-,82+,83+,84+,85-,86-,87-,88-,89-,90+,91+,92+,93+,94+/m1/s1. The van der Waals surface area contributed by atoms with E-state index in [1.807, 2.05) is 0 Å². The number of hydrogen-bond donors (Lipinski definition) is 8. The number of unbranched alkanes of at least 4 members (excludes halogenated alkanes) is 38. The van der Waals surface area contributed by atoms with Crippen LogP contribution in [0.1, 0.15) is 409 Å². The zero-order chi connectivity index (χ0) is 86.8. The van der Waals surface area contributed by atoms with Crippen LogP contribution in [-0.4, -0.2) is 231 Å². The molecule has 0 aliphatic carbocycles. The van der Waals surface area contributed by atoms with Gasteiger partial charge in [0.25, 0.3) is 0 Å². The summed E-state index contributed by atoms with van der Waals surface area (Å²) in [6, 6.07) is 0. The van der Waals surface area contributed by atoms with Crippen molar-refractivity contribution < 1.29 is 126 Å². The zero-order valence-corrected chi connectivity index (χ0v) is 75.5. The van der Waals surface area contributed by atoms with Crippen LogP contribution in [0.15, 0.2) is 0 Å². The SMILES string of the molecule is CCCCCCCCCCCCCCCC(=O)O[C@@H]1[C@@H](O)[C@@H](O)[C@H](O[C@@H]2[C@@H](O[C@@H]3O[C@H](CO)[C@@H](OC(=O)CCCCCCCCCCCCCCC)[C@H](O)[C@H]3O)[C@@H](OC(=O)CCCCCCCCCCCCCCC)[C@H](O[C@@H]3[C@@H](O)[C@H]4OC(=O)CCCCCCCCC[C@H](CCCCC)O[C@@H]5O[C@H](C)[C@H](O)[C@H](O)[C@H]5O[C@@H]4O[C@H]3C)O[C@@H]2C)O[C@H]1C. The fourth-order valence-corrected chi connectivity index (χ4v) is 17.8. The molecule has 0 spiro atoms. The molecule has 0 amide bonds. The Morgan fingerprint density at radius 1 is 0.317 bits per heavy atom. The molecule has 0 unspecified atom stereocenters. The van der Waals surface area contributed by atoms with Crippen molar-refractivity contribution in [2.75, 3.05) is 6.61 Å². The Kier molecular flexibility index (Phi) is 55.1. The summed E-state index contributed by atoms with van der Waals surface area (Å²) < 4.78 is 90.5. The lowest BCUT2D eigenvalue weighted by atomic mass is 9.95. The number of ether oxygens (including phenoxy) is 14. The van der Waals surface area contributed by atoms with Crippen molar-refractivity contribution in [2.24, 2.45) is 0 Å². The van der Waals surface area contributed by atoms with Crippen LogP contribution in [0.25, 0.3) is 0 Å². The average molecular weight is 1720 g/mol. The summed E-state index contributed by atoms with van der Waals surface area (Å²) in [4.78, 5) is 56.2. The molecule has 6 heterocycles. The van der Waals surface area contributed by atoms with Gasteiger partial charge in [-0.3, -0.25) is 19.2 Å². The zero-order valence-electron chi connectivity index (χ0n) is 75.5. The van der Waals surface area contributed by atoms with E-state index >= 15 is 0 Å². The third-order valence-electron chi connectivity index (χ3n) is 25.4. The topological polar surface area (TPSA) is 359 Å². The van der Waals surface area contributed by atoms with Gasteiger partial charge in [-0.25, -0.2) is 0 Å². The van der Waals surface area contributed by atoms with E-state index in [1.54, 1.807) is 20.8 Å². The Hall–Kier alpha value is -2.84. The Morgan fingerprint density at radius 3 is 1.15 bits per heavy atom. The van der Waals surface area contributed by atoms with Gasteiger partial charge in [0.1, 0.15) is 73.2 Å². The van der Waals surface area contributed by atoms with Gasteiger partial charge in [0.2, 0.25) is 0 Å². The highest BCUT2D eigenvalue weighted by Gasteiger charge is 2.59. The van der Waals surface area contributed by atoms with Crippen molar-refractivity contribution >= 4 is 23.9 Å². The van der Waals surface area contributed by atoms with Gasteiger partial charge in [-0.15, -0.1) is 0 Å². The van der Waals surface area contributed by atoms with Crippen molar-refractivity contribution in [1.82, 2.24) is 0 Å². The van der Waals surface area contributed by atoms with Gasteiger partial charge >= 0.3 is 23.9 Å². The van der Waals surface area contributed by atoms with Crippen molar-refractivity contribution in [3.05, 3.63) is 0 Å². The second kappa shape index (κ2) is 62.4. The average Bonchev–Trinajstić information content (AvgIpc) is 0.757. The number of aliphatic hydroxyl groups excluding tert-OH is 8. The van der Waals surface area contributed by atoms with Crippen LogP contribution < -0.4 is 0 Å². The van der Waals surface area contributed by atoms with E-state index in [0.29, 0.717) is 44.9 Å². The molecule has 26 atom stereocenters. The highest BCUT2D eigenvalue weighted by Crippen LogP contribution is 2.40. The lowest BCUT2D eigenvalue weighted by Crippen LogP contribution is -2.68. The first-order valence-corrected chi connectivity index (χ1v) is 48.9. The number of rotatable bonds is 56. The van der Waals surface area contributed by atoms with E-state index in [-0.39, 0.29) is 31.8 Å². The maximum absolute atomic E-state index is 14.8. The first kappa shape index (κ1) is 106. The number of hydrogen-bond acceptors (Lipinski definition) is 26. The Bertz CT molecular complexity index is 2630. The fraction of sp³-hybridized carbons (Fsp3) is 0.957. The molecule has 6 aliphatic rings. The van der Waals surface area contributed by atoms with Gasteiger partial charge in [0, 0.05) is 25.7 Å². The molecule has 0 aromatic heterocycles. The third-order valence-corrected chi connectivity index (χ3v) is 25.4. The third kappa shape index (κ3) is 38.6. The molecule has 0 bridgehead atoms. The molecule has 26 nitrogen and oxygen atoms in total. The molecule has 6 saturated heterocycles. The van der Waals surface area contributed by atoms with Crippen LogP contribution in [-0.2, 0) is 85.5 Å². The molecule has 0 aromatic carbocycles. The van der Waals surface area contributed by atoms with Crippen LogP contribution in [0.3, 0.4) is 0 Å². The van der Waals surface area contributed by atoms with Crippen LogP contribution in [0.2, 0.25) is 0 Å². The molecule has 0 radical (unpaired) electrons. The molecule has 6 aliphatic heterocycles. The summed E-state index contributed by atoms with van der Waals surface area (Å²) in [5.74, 6) is -2.74. The molecule has 26 heteroatoms. The molecule has 702 valence electrons. The lowest BCUT2D eigenvalue weighted by Gasteiger charge is -2.51. The van der Waals surface area contributed by atoms with Gasteiger partial charge < -0.3 is 107 Å². The van der Waals surface area contributed by atoms with Gasteiger partial charge in [0.05, 0.1) is 37.1 Å². The first-order chi connectivity index (χ1) is 58.2. The van der Waals surface area contributed by atoms with Crippen LogP contribution >= 0.6 is 0 Å². The maximum Gasteiger partial charge on any atom is 0.306 e. The van der Waals surface area contributed by atoms with E-state index in [0.717, 1.165) is 141 Å². The second-order valence-electron chi connectivity index (χ2n) is 36.0. The van der Waals surface area contributed by atoms with E-state index in [9.17, 15) is 60.0 Å². The molecule has 6 fully saturated rings. The normalized spacial score (nSPS) is 33.1. The summed E-state index contributed by atoms with van der Waals surface area (Å²) in [6.07, 6.45) is 12.3. The fourth-order valence-electron chi connectivity index (χ4n) is 17.8. The maximum atomic E-state index is 14.8. The summed E-state index contributed by atoms with van der Waals surface area (Å²) in [7, 11) is 0. The Balaban J connectivity index is 1.29. The van der Waals surface area contributed by atoms with E-state index in [2.05, 4.69) is 27.7 Å². The van der Waals surface area contributed by atoms with Crippen molar-refractivity contribution in [3.63, 3.8) is 0 Å². The first-order valence-electron chi connectivity index (χ1n) is 48.9. The van der Waals surface area contributed by atoms with Gasteiger partial charge in [-0.05, 0) is 66.2 Å². The molecule has 6 rings (SSSR count). The molecule has 120 heavy (non-hydrogen) atoms. The van der Waals surface area contributed by atoms with Crippen LogP contribution in [0.5, 0.6) is 0 Å². The van der Waals surface area contributed by atoms with Crippen molar-refractivity contribution in [3.8, 4) is 0 Å². The minimum absolute atomic E-state index is 0.000313. The van der Waals surface area contributed by atoms with E-state index in [1.165, 1.54) is 148 Å². The minimum Gasteiger partial charge on any atom is -0.457 e. The van der Waals surface area contributed by atoms with Gasteiger partial charge in [-0.1, -0.05) is 317 Å². The molecular weight excluding hydrogens is 1550 g/mol. The largest absolute Gasteiger partial charge is 0.457 e. The van der Waals surface area contributed by atoms with Gasteiger partial charge in [0.15, 0.2) is 55.9 Å². The highest BCUT2D eigenvalue weighted by molar-refractivity contribution is 5.71. The number of esters is 4. The van der Waals surface area contributed by atoms with Crippen molar-refractivity contribution in [1.29, 1.82) is 0 Å². The molecular formula is C94H170O26. The van der Waals surface area contributed by atoms with Gasteiger partial charge in [-0.2, -0.15) is 0 Å². The van der Waals surface area contributed by atoms with E-state index in [4.69, 9.17) is 66.3 Å². The second-order valence-corrected chi connectivity index (χ2v) is 36.0. The predicted molar refractivity (Wildman–Crippen MR) is 456 cm³/mol. The molecule has 0 saturated carbocycles. The summed E-state index contributed by atoms with van der Waals surface area (Å²) >= 11 is 0. The quantitative estimate of drug-likeness (QED) is 0.0159. The number of aliphatic hydroxyl groups is 8. The minimum atomic E-state index is -2.05. The van der Waals surface area contributed by atoms with Crippen LogP contribution in [0, 0.1) is 0 Å². The van der Waals surface area contributed by atoms with Crippen LogP contribution in [0.4, 0.5) is 0 Å².